The minimum absolute atomic E-state index is 0.0824. The van der Waals surface area contributed by atoms with Crippen molar-refractivity contribution in [2.24, 2.45) is 0 Å². The third kappa shape index (κ3) is 3.17. The first-order chi connectivity index (χ1) is 9.51. The lowest BCUT2D eigenvalue weighted by Crippen LogP contribution is -2.07. The average molecular weight is 297 g/mol. The Morgan fingerprint density at radius 2 is 2.00 bits per heavy atom. The van der Waals surface area contributed by atoms with Gasteiger partial charge in [-0.3, -0.25) is 0 Å². The van der Waals surface area contributed by atoms with E-state index in [2.05, 4.69) is 9.97 Å². The van der Waals surface area contributed by atoms with Gasteiger partial charge in [-0.25, -0.2) is 9.37 Å². The summed E-state index contributed by atoms with van der Waals surface area (Å²) in [6.45, 7) is 3.73. The summed E-state index contributed by atoms with van der Waals surface area (Å²) in [6.07, 6.45) is 1.43. The van der Waals surface area contributed by atoms with Crippen molar-refractivity contribution in [1.29, 1.82) is 0 Å². The molecule has 20 heavy (non-hydrogen) atoms. The Kier molecular flexibility index (Phi) is 4.39. The maximum Gasteiger partial charge on any atom is 0.225 e. The number of methoxy groups -OCH3 is 1. The molecule has 0 N–H and O–H groups in total. The van der Waals surface area contributed by atoms with Crippen LogP contribution in [0.15, 0.2) is 24.4 Å². The second kappa shape index (κ2) is 6.05. The van der Waals surface area contributed by atoms with Crippen LogP contribution in [0.1, 0.15) is 13.8 Å². The lowest BCUT2D eigenvalue weighted by atomic mass is 10.1. The number of nitrogens with zero attached hydrogens (tertiary/aromatic N) is 2. The van der Waals surface area contributed by atoms with Crippen LogP contribution in [-0.4, -0.2) is 23.2 Å². The van der Waals surface area contributed by atoms with E-state index in [4.69, 9.17) is 21.1 Å². The van der Waals surface area contributed by atoms with Crippen molar-refractivity contribution >= 4 is 11.6 Å². The van der Waals surface area contributed by atoms with Crippen molar-refractivity contribution in [2.45, 2.75) is 20.0 Å². The summed E-state index contributed by atoms with van der Waals surface area (Å²) >= 11 is 5.74. The zero-order valence-corrected chi connectivity index (χ0v) is 12.1. The molecule has 0 bridgehead atoms. The fraction of sp³-hybridized carbons (Fsp3) is 0.286. The molecule has 1 aromatic carbocycles. The van der Waals surface area contributed by atoms with E-state index in [9.17, 15) is 4.39 Å². The predicted octanol–water partition coefficient (Wildman–Crippen LogP) is 3.73. The molecule has 6 heteroatoms. The van der Waals surface area contributed by atoms with Crippen molar-refractivity contribution < 1.29 is 13.9 Å². The van der Waals surface area contributed by atoms with Crippen LogP contribution >= 0.6 is 11.6 Å². The highest BCUT2D eigenvalue weighted by molar-refractivity contribution is 6.28. The summed E-state index contributed by atoms with van der Waals surface area (Å²) in [6, 6.07) is 4.27. The number of benzene rings is 1. The molecule has 1 heterocycles. The summed E-state index contributed by atoms with van der Waals surface area (Å²) in [4.78, 5) is 7.93. The van der Waals surface area contributed by atoms with Crippen LogP contribution in [0.2, 0.25) is 5.28 Å². The number of ether oxygens (including phenoxy) is 2. The molecular formula is C14H14ClFN2O2. The molecule has 0 unspecified atom stereocenters. The lowest BCUT2D eigenvalue weighted by Gasteiger charge is -2.15. The molecule has 0 aliphatic heterocycles. The van der Waals surface area contributed by atoms with E-state index in [1.54, 1.807) is 6.07 Å². The van der Waals surface area contributed by atoms with Gasteiger partial charge in [-0.1, -0.05) is 0 Å². The fourth-order valence-electron chi connectivity index (χ4n) is 1.76. The van der Waals surface area contributed by atoms with E-state index in [1.165, 1.54) is 25.4 Å². The van der Waals surface area contributed by atoms with Gasteiger partial charge in [0.15, 0.2) is 0 Å². The van der Waals surface area contributed by atoms with Gasteiger partial charge >= 0.3 is 0 Å². The van der Waals surface area contributed by atoms with E-state index < -0.39 is 0 Å². The monoisotopic (exact) mass is 296 g/mol. The van der Waals surface area contributed by atoms with Crippen molar-refractivity contribution in [3.05, 3.63) is 35.5 Å². The van der Waals surface area contributed by atoms with Gasteiger partial charge in [-0.05, 0) is 37.6 Å². The minimum atomic E-state index is -0.377. The molecule has 0 saturated heterocycles. The second-order valence-electron chi connectivity index (χ2n) is 4.37. The second-order valence-corrected chi connectivity index (χ2v) is 4.71. The highest BCUT2D eigenvalue weighted by atomic mass is 35.5. The van der Waals surface area contributed by atoms with Crippen LogP contribution in [0.3, 0.4) is 0 Å². The topological polar surface area (TPSA) is 44.2 Å². The van der Waals surface area contributed by atoms with Crippen molar-refractivity contribution in [2.75, 3.05) is 7.11 Å². The first-order valence-corrected chi connectivity index (χ1v) is 6.42. The standard InChI is InChI=1S/C14H14ClFN2O2/c1-8(2)20-12-6-9(16)4-5-10(12)11-7-17-14(15)18-13(11)19-3/h4-8H,1-3H3. The Hall–Kier alpha value is -1.88. The summed E-state index contributed by atoms with van der Waals surface area (Å²) in [5.74, 6) is 0.340. The van der Waals surface area contributed by atoms with Crippen LogP contribution in [0.5, 0.6) is 11.6 Å². The maximum atomic E-state index is 13.4. The van der Waals surface area contributed by atoms with Gasteiger partial charge in [0.25, 0.3) is 0 Å². The maximum absolute atomic E-state index is 13.4. The molecule has 0 aliphatic rings. The van der Waals surface area contributed by atoms with E-state index in [0.717, 1.165) is 0 Å². The van der Waals surface area contributed by atoms with Crippen LogP contribution < -0.4 is 9.47 Å². The third-order valence-electron chi connectivity index (χ3n) is 2.51. The first kappa shape index (κ1) is 14.5. The van der Waals surface area contributed by atoms with Gasteiger partial charge in [0.05, 0.1) is 18.8 Å². The van der Waals surface area contributed by atoms with Gasteiger partial charge in [0.2, 0.25) is 11.2 Å². The van der Waals surface area contributed by atoms with E-state index in [0.29, 0.717) is 22.8 Å². The number of rotatable bonds is 4. The molecule has 106 valence electrons. The molecule has 0 saturated carbocycles. The molecule has 0 atom stereocenters. The highest BCUT2D eigenvalue weighted by Crippen LogP contribution is 2.36. The smallest absolute Gasteiger partial charge is 0.225 e. The van der Waals surface area contributed by atoms with E-state index >= 15 is 0 Å². The first-order valence-electron chi connectivity index (χ1n) is 6.04. The molecule has 0 radical (unpaired) electrons. The third-order valence-corrected chi connectivity index (χ3v) is 2.70. The predicted molar refractivity (Wildman–Crippen MR) is 74.8 cm³/mol. The highest BCUT2D eigenvalue weighted by Gasteiger charge is 2.15. The summed E-state index contributed by atoms with van der Waals surface area (Å²) < 4.78 is 24.2. The van der Waals surface area contributed by atoms with Crippen molar-refractivity contribution in [3.8, 4) is 22.8 Å². The number of aromatic nitrogens is 2. The summed E-state index contributed by atoms with van der Waals surface area (Å²) in [5.41, 5.74) is 1.24. The Balaban J connectivity index is 2.57. The quantitative estimate of drug-likeness (QED) is 0.806. The van der Waals surface area contributed by atoms with Crippen LogP contribution in [0.25, 0.3) is 11.1 Å². The molecule has 0 spiro atoms. The minimum Gasteiger partial charge on any atom is -0.490 e. The SMILES string of the molecule is COc1nc(Cl)ncc1-c1ccc(F)cc1OC(C)C. The van der Waals surface area contributed by atoms with E-state index in [-0.39, 0.29) is 17.2 Å². The fourth-order valence-corrected chi connectivity index (χ4v) is 1.88. The van der Waals surface area contributed by atoms with Crippen LogP contribution in [0, 0.1) is 5.82 Å². The zero-order valence-electron chi connectivity index (χ0n) is 11.4. The van der Waals surface area contributed by atoms with Gasteiger partial charge in [-0.15, -0.1) is 0 Å². The van der Waals surface area contributed by atoms with Crippen LogP contribution in [0.4, 0.5) is 4.39 Å². The van der Waals surface area contributed by atoms with Gasteiger partial charge < -0.3 is 9.47 Å². The number of hydrogen-bond acceptors (Lipinski definition) is 4. The van der Waals surface area contributed by atoms with Crippen molar-refractivity contribution in [1.82, 2.24) is 9.97 Å². The summed E-state index contributed by atoms with van der Waals surface area (Å²) in [5, 5.41) is 0.0824. The van der Waals surface area contributed by atoms with Crippen LogP contribution in [-0.2, 0) is 0 Å². The normalized spacial score (nSPS) is 10.7. The molecule has 1 aromatic heterocycles. The Morgan fingerprint density at radius 1 is 1.25 bits per heavy atom. The molecule has 0 aliphatic carbocycles. The molecular weight excluding hydrogens is 283 g/mol. The molecule has 0 amide bonds. The van der Waals surface area contributed by atoms with Gasteiger partial charge in [0.1, 0.15) is 11.6 Å². The van der Waals surface area contributed by atoms with Crippen molar-refractivity contribution in [3.63, 3.8) is 0 Å². The largest absolute Gasteiger partial charge is 0.490 e. The van der Waals surface area contributed by atoms with Gasteiger partial charge in [0, 0.05) is 17.8 Å². The van der Waals surface area contributed by atoms with E-state index in [1.807, 2.05) is 13.8 Å². The number of halogens is 2. The Morgan fingerprint density at radius 3 is 2.65 bits per heavy atom. The average Bonchev–Trinajstić information content (AvgIpc) is 2.39. The Labute approximate surface area is 121 Å². The molecule has 2 aromatic rings. The van der Waals surface area contributed by atoms with Gasteiger partial charge in [-0.2, -0.15) is 4.98 Å². The summed E-state index contributed by atoms with van der Waals surface area (Å²) in [7, 11) is 1.48. The Bertz CT molecular complexity index is 620. The number of hydrogen-bond donors (Lipinski definition) is 0. The zero-order chi connectivity index (χ0) is 14.7. The molecule has 4 nitrogen and oxygen atoms in total. The molecule has 2 rings (SSSR count). The molecule has 0 fully saturated rings. The lowest BCUT2D eigenvalue weighted by molar-refractivity contribution is 0.242.